The number of aliphatic hydroxyl groups excluding tert-OH is 1. The predicted molar refractivity (Wildman–Crippen MR) is 80.8 cm³/mol. The van der Waals surface area contributed by atoms with E-state index in [1.165, 1.54) is 32.1 Å². The first-order valence-corrected chi connectivity index (χ1v) is 8.75. The Bertz CT molecular complexity index is 354. The van der Waals surface area contributed by atoms with Crippen molar-refractivity contribution in [2.45, 2.75) is 63.3 Å². The van der Waals surface area contributed by atoms with Crippen molar-refractivity contribution in [2.24, 2.45) is 17.8 Å². The second-order valence-electron chi connectivity index (χ2n) is 7.26. The average molecular weight is 295 g/mol. The van der Waals surface area contributed by atoms with E-state index in [0.717, 1.165) is 25.2 Å². The Kier molecular flexibility index (Phi) is 4.85. The highest BCUT2D eigenvalue weighted by Gasteiger charge is 2.49. The molecule has 2 saturated carbocycles. The van der Waals surface area contributed by atoms with Gasteiger partial charge in [-0.25, -0.2) is 0 Å². The van der Waals surface area contributed by atoms with Gasteiger partial charge in [-0.3, -0.25) is 4.79 Å². The zero-order chi connectivity index (χ0) is 14.7. The first-order valence-electron chi connectivity index (χ1n) is 8.75. The van der Waals surface area contributed by atoms with E-state index in [-0.39, 0.29) is 24.0 Å². The monoisotopic (exact) mass is 295 g/mol. The molecule has 3 aliphatic rings. The fourth-order valence-electron chi connectivity index (χ4n) is 4.37. The minimum absolute atomic E-state index is 0.136. The summed E-state index contributed by atoms with van der Waals surface area (Å²) < 4.78 is 5.41. The van der Waals surface area contributed by atoms with Gasteiger partial charge in [-0.05, 0) is 37.5 Å². The Morgan fingerprint density at radius 3 is 2.57 bits per heavy atom. The molecule has 0 spiro atoms. The summed E-state index contributed by atoms with van der Waals surface area (Å²) >= 11 is 0. The molecular weight excluding hydrogens is 266 g/mol. The van der Waals surface area contributed by atoms with E-state index in [1.54, 1.807) is 0 Å². The van der Waals surface area contributed by atoms with Crippen LogP contribution in [-0.4, -0.2) is 36.4 Å². The number of aliphatic hydroxyl groups is 1. The molecule has 1 amide bonds. The quantitative estimate of drug-likeness (QED) is 0.818. The van der Waals surface area contributed by atoms with Gasteiger partial charge in [0, 0.05) is 31.3 Å². The Balaban J connectivity index is 1.53. The standard InChI is InChI=1S/C17H29NO3/c19-9-6-17(7-10-21-11-8-17)18-16(20)15-12-14(15)13-4-2-1-3-5-13/h13-15,19H,1-12H2,(H,18,20)/t14-,15+/m1/s1. The molecule has 4 nitrogen and oxygen atoms in total. The third-order valence-corrected chi connectivity index (χ3v) is 5.86. The summed E-state index contributed by atoms with van der Waals surface area (Å²) in [6, 6.07) is 0. The van der Waals surface area contributed by atoms with Gasteiger partial charge in [-0.2, -0.15) is 0 Å². The van der Waals surface area contributed by atoms with Crippen LogP contribution in [0.2, 0.25) is 0 Å². The number of rotatable bonds is 5. The van der Waals surface area contributed by atoms with Crippen molar-refractivity contribution in [1.82, 2.24) is 5.32 Å². The molecule has 4 heteroatoms. The van der Waals surface area contributed by atoms with Gasteiger partial charge in [0.1, 0.15) is 0 Å². The molecule has 0 aromatic carbocycles. The lowest BCUT2D eigenvalue weighted by Gasteiger charge is -2.38. The van der Waals surface area contributed by atoms with Crippen LogP contribution in [0.3, 0.4) is 0 Å². The molecule has 0 bridgehead atoms. The maximum Gasteiger partial charge on any atom is 0.223 e. The van der Waals surface area contributed by atoms with Crippen molar-refractivity contribution in [3.63, 3.8) is 0 Å². The number of hydrogen-bond acceptors (Lipinski definition) is 3. The third kappa shape index (κ3) is 3.59. The molecule has 2 aliphatic carbocycles. The van der Waals surface area contributed by atoms with Crippen molar-refractivity contribution >= 4 is 5.91 Å². The number of amides is 1. The van der Waals surface area contributed by atoms with Crippen LogP contribution < -0.4 is 5.32 Å². The van der Waals surface area contributed by atoms with Gasteiger partial charge >= 0.3 is 0 Å². The highest BCUT2D eigenvalue weighted by Crippen LogP contribution is 2.49. The van der Waals surface area contributed by atoms with Crippen molar-refractivity contribution in [2.75, 3.05) is 19.8 Å². The molecule has 21 heavy (non-hydrogen) atoms. The van der Waals surface area contributed by atoms with Gasteiger partial charge in [0.15, 0.2) is 0 Å². The molecule has 3 rings (SSSR count). The lowest BCUT2D eigenvalue weighted by molar-refractivity contribution is -0.126. The molecular formula is C17H29NO3. The number of carbonyl (C=O) groups excluding carboxylic acids is 1. The number of ether oxygens (including phenoxy) is 1. The number of carbonyl (C=O) groups is 1. The summed E-state index contributed by atoms with van der Waals surface area (Å²) in [5.41, 5.74) is -0.218. The third-order valence-electron chi connectivity index (χ3n) is 5.86. The van der Waals surface area contributed by atoms with Crippen LogP contribution in [0.1, 0.15) is 57.8 Å². The molecule has 2 N–H and O–H groups in total. The van der Waals surface area contributed by atoms with E-state index in [2.05, 4.69) is 5.32 Å². The van der Waals surface area contributed by atoms with Crippen molar-refractivity contribution in [3.8, 4) is 0 Å². The smallest absolute Gasteiger partial charge is 0.223 e. The van der Waals surface area contributed by atoms with E-state index < -0.39 is 0 Å². The SMILES string of the molecule is O=C(NC1(CCO)CCOCC1)[C@H]1C[C@@H]1C1CCCCC1. The summed E-state index contributed by atoms with van der Waals surface area (Å²) in [4.78, 5) is 12.6. The Morgan fingerprint density at radius 1 is 1.19 bits per heavy atom. The van der Waals surface area contributed by atoms with Crippen LogP contribution in [-0.2, 0) is 9.53 Å². The summed E-state index contributed by atoms with van der Waals surface area (Å²) in [6.07, 6.45) is 10.1. The number of hydrogen-bond donors (Lipinski definition) is 2. The van der Waals surface area contributed by atoms with Crippen molar-refractivity contribution in [1.29, 1.82) is 0 Å². The van der Waals surface area contributed by atoms with E-state index >= 15 is 0 Å². The van der Waals surface area contributed by atoms with Crippen LogP contribution in [0.25, 0.3) is 0 Å². The zero-order valence-corrected chi connectivity index (χ0v) is 13.0. The summed E-state index contributed by atoms with van der Waals surface area (Å²) in [5, 5.41) is 12.6. The molecule has 0 aromatic heterocycles. The second-order valence-corrected chi connectivity index (χ2v) is 7.26. The largest absolute Gasteiger partial charge is 0.396 e. The van der Waals surface area contributed by atoms with E-state index in [1.807, 2.05) is 0 Å². The molecule has 1 saturated heterocycles. The van der Waals surface area contributed by atoms with Crippen LogP contribution >= 0.6 is 0 Å². The van der Waals surface area contributed by atoms with E-state index in [9.17, 15) is 9.90 Å². The van der Waals surface area contributed by atoms with Gasteiger partial charge in [0.05, 0.1) is 0 Å². The second kappa shape index (κ2) is 6.66. The van der Waals surface area contributed by atoms with Crippen LogP contribution in [0.15, 0.2) is 0 Å². The van der Waals surface area contributed by atoms with Crippen LogP contribution in [0, 0.1) is 17.8 Å². The molecule has 0 radical (unpaired) electrons. The predicted octanol–water partition coefficient (Wildman–Crippen LogP) is 2.25. The fourth-order valence-corrected chi connectivity index (χ4v) is 4.37. The average Bonchev–Trinajstić information content (AvgIpc) is 3.30. The Hall–Kier alpha value is -0.610. The lowest BCUT2D eigenvalue weighted by Crippen LogP contribution is -2.53. The summed E-state index contributed by atoms with van der Waals surface area (Å²) in [5.74, 6) is 1.90. The van der Waals surface area contributed by atoms with E-state index in [4.69, 9.17) is 4.74 Å². The van der Waals surface area contributed by atoms with Gasteiger partial charge in [-0.1, -0.05) is 32.1 Å². The molecule has 0 aromatic rings. The Labute approximate surface area is 127 Å². The topological polar surface area (TPSA) is 58.6 Å². The summed E-state index contributed by atoms with van der Waals surface area (Å²) in [7, 11) is 0. The van der Waals surface area contributed by atoms with Gasteiger partial charge in [-0.15, -0.1) is 0 Å². The van der Waals surface area contributed by atoms with E-state index in [0.29, 0.717) is 25.6 Å². The molecule has 1 aliphatic heterocycles. The van der Waals surface area contributed by atoms with Crippen molar-refractivity contribution < 1.29 is 14.6 Å². The molecule has 3 fully saturated rings. The van der Waals surface area contributed by atoms with Crippen molar-refractivity contribution in [3.05, 3.63) is 0 Å². The molecule has 0 unspecified atom stereocenters. The minimum Gasteiger partial charge on any atom is -0.396 e. The normalized spacial score (nSPS) is 32.6. The lowest BCUT2D eigenvalue weighted by atomic mass is 9.84. The minimum atomic E-state index is -0.218. The van der Waals surface area contributed by atoms with Crippen LogP contribution in [0.4, 0.5) is 0 Å². The molecule has 1 heterocycles. The van der Waals surface area contributed by atoms with Gasteiger partial charge in [0.25, 0.3) is 0 Å². The van der Waals surface area contributed by atoms with Crippen LogP contribution in [0.5, 0.6) is 0 Å². The maximum atomic E-state index is 12.6. The number of nitrogens with one attached hydrogen (secondary N) is 1. The highest BCUT2D eigenvalue weighted by molar-refractivity contribution is 5.82. The first-order chi connectivity index (χ1) is 10.2. The maximum absolute atomic E-state index is 12.6. The molecule has 2 atom stereocenters. The molecule has 120 valence electrons. The Morgan fingerprint density at radius 2 is 1.90 bits per heavy atom. The highest BCUT2D eigenvalue weighted by atomic mass is 16.5. The summed E-state index contributed by atoms with van der Waals surface area (Å²) in [6.45, 7) is 1.52. The fraction of sp³-hybridized carbons (Fsp3) is 0.941. The first kappa shape index (κ1) is 15.3. The van der Waals surface area contributed by atoms with Gasteiger partial charge in [0.2, 0.25) is 5.91 Å². The van der Waals surface area contributed by atoms with Gasteiger partial charge < -0.3 is 15.2 Å². The zero-order valence-electron chi connectivity index (χ0n) is 13.0.